The van der Waals surface area contributed by atoms with Crippen LogP contribution in [0.3, 0.4) is 0 Å². The Hall–Kier alpha value is -1.88. The second kappa shape index (κ2) is 8.64. The Bertz CT molecular complexity index is 708. The lowest BCUT2D eigenvalue weighted by Gasteiger charge is -2.42. The molecule has 1 aliphatic carbocycles. The van der Waals surface area contributed by atoms with Crippen LogP contribution in [0, 0.1) is 18.8 Å². The SMILES string of the molecule is Cc1cccc([C@H]2CC[C@@H](C(=O)N3CCOCC3)CN2C(=O)C2CCCC2)c1. The van der Waals surface area contributed by atoms with E-state index in [0.29, 0.717) is 32.8 Å². The molecule has 4 rings (SSSR count). The van der Waals surface area contributed by atoms with Crippen molar-refractivity contribution in [1.82, 2.24) is 9.80 Å². The van der Waals surface area contributed by atoms with Crippen LogP contribution >= 0.6 is 0 Å². The average Bonchev–Trinajstić information content (AvgIpc) is 3.28. The molecule has 0 aromatic heterocycles. The van der Waals surface area contributed by atoms with Crippen LogP contribution in [0.5, 0.6) is 0 Å². The normalized spacial score (nSPS) is 26.5. The van der Waals surface area contributed by atoms with Gasteiger partial charge in [-0.25, -0.2) is 0 Å². The van der Waals surface area contributed by atoms with Crippen molar-refractivity contribution in [2.75, 3.05) is 32.8 Å². The Morgan fingerprint density at radius 3 is 2.43 bits per heavy atom. The molecule has 152 valence electrons. The zero-order valence-electron chi connectivity index (χ0n) is 16.9. The monoisotopic (exact) mass is 384 g/mol. The van der Waals surface area contributed by atoms with E-state index in [1.54, 1.807) is 0 Å². The molecule has 1 aromatic carbocycles. The van der Waals surface area contributed by atoms with Gasteiger partial charge in [0.2, 0.25) is 11.8 Å². The number of carbonyl (C=O) groups excluding carboxylic acids is 2. The molecule has 1 aromatic rings. The van der Waals surface area contributed by atoms with Gasteiger partial charge in [-0.05, 0) is 38.2 Å². The van der Waals surface area contributed by atoms with E-state index in [1.165, 1.54) is 11.1 Å². The molecule has 28 heavy (non-hydrogen) atoms. The Morgan fingerprint density at radius 2 is 1.71 bits per heavy atom. The molecule has 0 N–H and O–H groups in total. The first-order valence-electron chi connectivity index (χ1n) is 10.9. The number of amides is 2. The summed E-state index contributed by atoms with van der Waals surface area (Å²) >= 11 is 0. The molecule has 2 atom stereocenters. The van der Waals surface area contributed by atoms with E-state index in [1.807, 2.05) is 4.90 Å². The number of likely N-dealkylation sites (tertiary alicyclic amines) is 1. The molecule has 3 aliphatic rings. The molecule has 0 unspecified atom stereocenters. The summed E-state index contributed by atoms with van der Waals surface area (Å²) in [5, 5.41) is 0. The number of rotatable bonds is 3. The van der Waals surface area contributed by atoms with Gasteiger partial charge in [-0.3, -0.25) is 9.59 Å². The second-order valence-corrected chi connectivity index (χ2v) is 8.61. The van der Waals surface area contributed by atoms with E-state index in [4.69, 9.17) is 4.74 Å². The lowest BCUT2D eigenvalue weighted by atomic mass is 9.86. The fourth-order valence-electron chi connectivity index (χ4n) is 5.09. The number of carbonyl (C=O) groups is 2. The maximum absolute atomic E-state index is 13.4. The fourth-order valence-corrected chi connectivity index (χ4v) is 5.09. The number of nitrogens with zero attached hydrogens (tertiary/aromatic N) is 2. The molecular weight excluding hydrogens is 352 g/mol. The number of hydrogen-bond acceptors (Lipinski definition) is 3. The van der Waals surface area contributed by atoms with Crippen LogP contribution in [0.15, 0.2) is 24.3 Å². The van der Waals surface area contributed by atoms with Gasteiger partial charge in [0, 0.05) is 25.6 Å². The number of morpholine rings is 1. The minimum Gasteiger partial charge on any atom is -0.378 e. The zero-order valence-corrected chi connectivity index (χ0v) is 16.9. The van der Waals surface area contributed by atoms with Crippen molar-refractivity contribution in [3.8, 4) is 0 Å². The molecule has 0 radical (unpaired) electrons. The smallest absolute Gasteiger partial charge is 0.227 e. The summed E-state index contributed by atoms with van der Waals surface area (Å²) in [6, 6.07) is 8.61. The van der Waals surface area contributed by atoms with Crippen molar-refractivity contribution in [1.29, 1.82) is 0 Å². The van der Waals surface area contributed by atoms with Gasteiger partial charge in [0.25, 0.3) is 0 Å². The third-order valence-electron chi connectivity index (χ3n) is 6.67. The van der Waals surface area contributed by atoms with Gasteiger partial charge in [0.05, 0.1) is 25.2 Å². The van der Waals surface area contributed by atoms with Gasteiger partial charge < -0.3 is 14.5 Å². The average molecular weight is 385 g/mol. The lowest BCUT2D eigenvalue weighted by molar-refractivity contribution is -0.147. The van der Waals surface area contributed by atoms with Crippen molar-refractivity contribution in [2.24, 2.45) is 11.8 Å². The largest absolute Gasteiger partial charge is 0.378 e. The zero-order chi connectivity index (χ0) is 19.5. The van der Waals surface area contributed by atoms with Gasteiger partial charge in [0.15, 0.2) is 0 Å². The first-order valence-corrected chi connectivity index (χ1v) is 10.9. The predicted octanol–water partition coefficient (Wildman–Crippen LogP) is 3.32. The van der Waals surface area contributed by atoms with Crippen LogP contribution < -0.4 is 0 Å². The van der Waals surface area contributed by atoms with E-state index in [2.05, 4.69) is 36.1 Å². The highest BCUT2D eigenvalue weighted by atomic mass is 16.5. The van der Waals surface area contributed by atoms with Crippen LogP contribution in [-0.4, -0.2) is 54.5 Å². The highest BCUT2D eigenvalue weighted by Gasteiger charge is 2.39. The minimum absolute atomic E-state index is 0.0792. The van der Waals surface area contributed by atoms with Gasteiger partial charge in [-0.1, -0.05) is 42.7 Å². The fraction of sp³-hybridized carbons (Fsp3) is 0.652. The molecule has 5 nitrogen and oxygen atoms in total. The highest BCUT2D eigenvalue weighted by molar-refractivity contribution is 5.83. The Kier molecular flexibility index (Phi) is 6.00. The summed E-state index contributed by atoms with van der Waals surface area (Å²) in [5.74, 6) is 0.535. The van der Waals surface area contributed by atoms with Crippen LogP contribution in [0.1, 0.15) is 55.7 Å². The molecule has 2 heterocycles. The summed E-state index contributed by atoms with van der Waals surface area (Å²) < 4.78 is 5.39. The molecule has 2 saturated heterocycles. The van der Waals surface area contributed by atoms with E-state index >= 15 is 0 Å². The highest BCUT2D eigenvalue weighted by Crippen LogP contribution is 2.38. The molecule has 1 saturated carbocycles. The Labute approximate surface area is 168 Å². The maximum atomic E-state index is 13.4. The number of ether oxygens (including phenoxy) is 1. The number of piperidine rings is 1. The van der Waals surface area contributed by atoms with Gasteiger partial charge in [0.1, 0.15) is 0 Å². The van der Waals surface area contributed by atoms with Crippen molar-refractivity contribution < 1.29 is 14.3 Å². The Morgan fingerprint density at radius 1 is 0.964 bits per heavy atom. The molecule has 0 bridgehead atoms. The van der Waals surface area contributed by atoms with E-state index in [9.17, 15) is 9.59 Å². The van der Waals surface area contributed by atoms with Crippen molar-refractivity contribution in [2.45, 2.75) is 51.5 Å². The van der Waals surface area contributed by atoms with E-state index in [-0.39, 0.29) is 29.7 Å². The number of hydrogen-bond donors (Lipinski definition) is 0. The van der Waals surface area contributed by atoms with Crippen LogP contribution in [0.4, 0.5) is 0 Å². The van der Waals surface area contributed by atoms with Gasteiger partial charge >= 0.3 is 0 Å². The molecule has 3 fully saturated rings. The lowest BCUT2D eigenvalue weighted by Crippen LogP contribution is -2.51. The third-order valence-corrected chi connectivity index (χ3v) is 6.67. The predicted molar refractivity (Wildman–Crippen MR) is 108 cm³/mol. The Balaban J connectivity index is 1.54. The summed E-state index contributed by atoms with van der Waals surface area (Å²) in [6.07, 6.45) is 6.01. The minimum atomic E-state index is -0.0792. The standard InChI is InChI=1S/C23H32N2O3/c1-17-5-4-8-19(15-17)21-10-9-20(22(26)24-11-13-28-14-12-24)16-25(21)23(27)18-6-2-3-7-18/h4-5,8,15,18,20-21H,2-3,6-7,9-14,16H2,1H3/t20-,21-/m1/s1. The summed E-state index contributed by atoms with van der Waals surface area (Å²) in [4.78, 5) is 30.4. The first kappa shape index (κ1) is 19.4. The molecule has 0 spiro atoms. The van der Waals surface area contributed by atoms with E-state index < -0.39 is 0 Å². The van der Waals surface area contributed by atoms with E-state index in [0.717, 1.165) is 38.5 Å². The molecule has 2 amide bonds. The molecule has 5 heteroatoms. The number of benzene rings is 1. The number of aryl methyl sites for hydroxylation is 1. The first-order chi connectivity index (χ1) is 13.6. The van der Waals surface area contributed by atoms with Gasteiger partial charge in [-0.2, -0.15) is 0 Å². The molecular formula is C23H32N2O3. The summed E-state index contributed by atoms with van der Waals surface area (Å²) in [6.45, 7) is 5.25. The second-order valence-electron chi connectivity index (χ2n) is 8.61. The van der Waals surface area contributed by atoms with Crippen LogP contribution in [-0.2, 0) is 14.3 Å². The summed E-state index contributed by atoms with van der Waals surface area (Å²) in [7, 11) is 0. The topological polar surface area (TPSA) is 49.9 Å². The molecule has 2 aliphatic heterocycles. The maximum Gasteiger partial charge on any atom is 0.227 e. The van der Waals surface area contributed by atoms with Crippen molar-refractivity contribution >= 4 is 11.8 Å². The van der Waals surface area contributed by atoms with Crippen LogP contribution in [0.25, 0.3) is 0 Å². The van der Waals surface area contributed by atoms with Gasteiger partial charge in [-0.15, -0.1) is 0 Å². The quantitative estimate of drug-likeness (QED) is 0.803. The van der Waals surface area contributed by atoms with Crippen LogP contribution in [0.2, 0.25) is 0 Å². The van der Waals surface area contributed by atoms with Crippen molar-refractivity contribution in [3.63, 3.8) is 0 Å². The summed E-state index contributed by atoms with van der Waals surface area (Å²) in [5.41, 5.74) is 2.43. The third kappa shape index (κ3) is 4.09. The van der Waals surface area contributed by atoms with Crippen molar-refractivity contribution in [3.05, 3.63) is 35.4 Å².